The van der Waals surface area contributed by atoms with Crippen molar-refractivity contribution in [3.8, 4) is 11.1 Å². The van der Waals surface area contributed by atoms with Crippen molar-refractivity contribution in [2.45, 2.75) is 26.2 Å². The molecule has 0 unspecified atom stereocenters. The third-order valence-electron chi connectivity index (χ3n) is 4.44. The Morgan fingerprint density at radius 3 is 2.22 bits per heavy atom. The highest BCUT2D eigenvalue weighted by Crippen LogP contribution is 2.36. The number of benzene rings is 3. The summed E-state index contributed by atoms with van der Waals surface area (Å²) in [6, 6.07) is 24.5. The molecular formula is C22H20S. The third-order valence-corrected chi connectivity index (χ3v) is 5.57. The minimum atomic E-state index is 0.178. The van der Waals surface area contributed by atoms with Gasteiger partial charge in [-0.25, -0.2) is 0 Å². The molecule has 0 bridgehead atoms. The number of fused-ring (bicyclic) bond motifs is 3. The quantitative estimate of drug-likeness (QED) is 0.354. The second-order valence-corrected chi connectivity index (χ2v) is 8.22. The van der Waals surface area contributed by atoms with Crippen LogP contribution < -0.4 is 0 Å². The number of hydrogen-bond donors (Lipinski definition) is 0. The Morgan fingerprint density at radius 2 is 1.39 bits per heavy atom. The van der Waals surface area contributed by atoms with Gasteiger partial charge in [-0.3, -0.25) is 0 Å². The van der Waals surface area contributed by atoms with Gasteiger partial charge in [-0.15, -0.1) is 11.3 Å². The van der Waals surface area contributed by atoms with Gasteiger partial charge in [0.25, 0.3) is 0 Å². The summed E-state index contributed by atoms with van der Waals surface area (Å²) in [4.78, 5) is 0. The molecule has 0 saturated heterocycles. The Labute approximate surface area is 141 Å². The van der Waals surface area contributed by atoms with Crippen molar-refractivity contribution < 1.29 is 0 Å². The van der Waals surface area contributed by atoms with E-state index < -0.39 is 0 Å². The van der Waals surface area contributed by atoms with Crippen molar-refractivity contribution in [3.63, 3.8) is 0 Å². The van der Waals surface area contributed by atoms with Gasteiger partial charge < -0.3 is 0 Å². The highest BCUT2D eigenvalue weighted by Gasteiger charge is 2.14. The van der Waals surface area contributed by atoms with E-state index in [1.54, 1.807) is 0 Å². The normalized spacial score (nSPS) is 12.1. The highest BCUT2D eigenvalue weighted by atomic mass is 32.1. The molecule has 0 N–H and O–H groups in total. The molecule has 0 radical (unpaired) electrons. The summed E-state index contributed by atoms with van der Waals surface area (Å²) in [7, 11) is 0. The molecule has 0 atom stereocenters. The lowest BCUT2D eigenvalue weighted by Crippen LogP contribution is -2.10. The molecule has 0 aliphatic carbocycles. The molecule has 3 aromatic carbocycles. The third kappa shape index (κ3) is 2.55. The maximum Gasteiger partial charge on any atom is 0.0361 e. The first kappa shape index (κ1) is 14.5. The van der Waals surface area contributed by atoms with Crippen LogP contribution in [0, 0.1) is 0 Å². The van der Waals surface area contributed by atoms with E-state index in [4.69, 9.17) is 0 Å². The van der Waals surface area contributed by atoms with Gasteiger partial charge in [0.05, 0.1) is 0 Å². The van der Waals surface area contributed by atoms with Crippen LogP contribution in [0.2, 0.25) is 0 Å². The lowest BCUT2D eigenvalue weighted by molar-refractivity contribution is 0.590. The molecular weight excluding hydrogens is 296 g/mol. The molecule has 1 heterocycles. The van der Waals surface area contributed by atoms with Crippen LogP contribution in [0.15, 0.2) is 66.7 Å². The maximum atomic E-state index is 2.34. The first-order valence-electron chi connectivity index (χ1n) is 8.04. The van der Waals surface area contributed by atoms with Crippen LogP contribution in [0.3, 0.4) is 0 Å². The van der Waals surface area contributed by atoms with Crippen molar-refractivity contribution in [2.75, 3.05) is 0 Å². The molecule has 23 heavy (non-hydrogen) atoms. The first-order chi connectivity index (χ1) is 11.0. The van der Waals surface area contributed by atoms with Crippen molar-refractivity contribution in [2.24, 2.45) is 0 Å². The topological polar surface area (TPSA) is 0 Å². The standard InChI is InChI=1S/C22H20S/c1-22(2,3)17-8-6-7-15(13-17)16-11-12-19-18-9-4-5-10-20(18)23-21(19)14-16/h4-14H,1-3H3. The van der Waals surface area contributed by atoms with Gasteiger partial charge in [-0.1, -0.05) is 75.4 Å². The molecule has 4 aromatic rings. The smallest absolute Gasteiger partial charge is 0.0361 e. The summed E-state index contributed by atoms with van der Waals surface area (Å²) in [5, 5.41) is 2.73. The van der Waals surface area contributed by atoms with E-state index in [0.29, 0.717) is 0 Å². The average Bonchev–Trinajstić information content (AvgIpc) is 2.92. The van der Waals surface area contributed by atoms with Gasteiger partial charge in [0.15, 0.2) is 0 Å². The van der Waals surface area contributed by atoms with Crippen molar-refractivity contribution >= 4 is 31.5 Å². The van der Waals surface area contributed by atoms with E-state index in [1.807, 2.05) is 11.3 Å². The van der Waals surface area contributed by atoms with Crippen molar-refractivity contribution in [3.05, 3.63) is 72.3 Å². The van der Waals surface area contributed by atoms with E-state index in [9.17, 15) is 0 Å². The Morgan fingerprint density at radius 1 is 0.652 bits per heavy atom. The molecule has 114 valence electrons. The molecule has 0 aliphatic rings. The predicted molar refractivity (Wildman–Crippen MR) is 103 cm³/mol. The fourth-order valence-electron chi connectivity index (χ4n) is 3.07. The van der Waals surface area contributed by atoms with Crippen LogP contribution in [0.25, 0.3) is 31.3 Å². The molecule has 0 saturated carbocycles. The van der Waals surface area contributed by atoms with E-state index in [1.165, 1.54) is 36.9 Å². The van der Waals surface area contributed by atoms with E-state index in [2.05, 4.69) is 87.5 Å². The van der Waals surface area contributed by atoms with Gasteiger partial charge in [-0.05, 0) is 34.2 Å². The molecule has 0 nitrogen and oxygen atoms in total. The zero-order valence-electron chi connectivity index (χ0n) is 13.8. The summed E-state index contributed by atoms with van der Waals surface area (Å²) < 4.78 is 2.73. The Kier molecular flexibility index (Phi) is 3.28. The molecule has 0 amide bonds. The van der Waals surface area contributed by atoms with E-state index in [-0.39, 0.29) is 5.41 Å². The molecule has 0 spiro atoms. The molecule has 0 fully saturated rings. The lowest BCUT2D eigenvalue weighted by atomic mass is 9.85. The number of rotatable bonds is 1. The average molecular weight is 316 g/mol. The van der Waals surface area contributed by atoms with E-state index >= 15 is 0 Å². The SMILES string of the molecule is CC(C)(C)c1cccc(-c2ccc3c(c2)sc2ccccc23)c1. The van der Waals surface area contributed by atoms with E-state index in [0.717, 1.165) is 0 Å². The van der Waals surface area contributed by atoms with Gasteiger partial charge >= 0.3 is 0 Å². The van der Waals surface area contributed by atoms with Crippen LogP contribution in [0.5, 0.6) is 0 Å². The van der Waals surface area contributed by atoms with Gasteiger partial charge in [0.1, 0.15) is 0 Å². The largest absolute Gasteiger partial charge is 0.135 e. The fraction of sp³-hybridized carbons (Fsp3) is 0.182. The molecule has 1 aromatic heterocycles. The first-order valence-corrected chi connectivity index (χ1v) is 8.86. The van der Waals surface area contributed by atoms with Crippen LogP contribution in [-0.4, -0.2) is 0 Å². The van der Waals surface area contributed by atoms with Gasteiger partial charge in [0.2, 0.25) is 0 Å². The second-order valence-electron chi connectivity index (χ2n) is 7.14. The number of thiophene rings is 1. The summed E-state index contributed by atoms with van der Waals surface area (Å²) in [5.41, 5.74) is 4.16. The highest BCUT2D eigenvalue weighted by molar-refractivity contribution is 7.25. The minimum absolute atomic E-state index is 0.178. The molecule has 4 rings (SSSR count). The summed E-state index contributed by atoms with van der Waals surface area (Å²) in [5.74, 6) is 0. The van der Waals surface area contributed by atoms with Crippen molar-refractivity contribution in [1.82, 2.24) is 0 Å². The van der Waals surface area contributed by atoms with Gasteiger partial charge in [0, 0.05) is 20.2 Å². The summed E-state index contributed by atoms with van der Waals surface area (Å²) in [6.45, 7) is 6.80. The predicted octanol–water partition coefficient (Wildman–Crippen LogP) is 7.02. The zero-order valence-corrected chi connectivity index (χ0v) is 14.6. The van der Waals surface area contributed by atoms with Gasteiger partial charge in [-0.2, -0.15) is 0 Å². The van der Waals surface area contributed by atoms with Crippen LogP contribution in [-0.2, 0) is 5.41 Å². The molecule has 0 aliphatic heterocycles. The maximum absolute atomic E-state index is 2.34. The zero-order chi connectivity index (χ0) is 16.0. The Balaban J connectivity index is 1.88. The van der Waals surface area contributed by atoms with Crippen LogP contribution in [0.4, 0.5) is 0 Å². The fourth-order valence-corrected chi connectivity index (χ4v) is 4.22. The lowest BCUT2D eigenvalue weighted by Gasteiger charge is -2.19. The Bertz CT molecular complexity index is 999. The van der Waals surface area contributed by atoms with Crippen LogP contribution >= 0.6 is 11.3 Å². The van der Waals surface area contributed by atoms with Crippen molar-refractivity contribution in [1.29, 1.82) is 0 Å². The summed E-state index contributed by atoms with van der Waals surface area (Å²) >= 11 is 1.88. The summed E-state index contributed by atoms with van der Waals surface area (Å²) in [6.07, 6.45) is 0. The molecule has 1 heteroatoms. The minimum Gasteiger partial charge on any atom is -0.135 e. The Hall–Kier alpha value is -2.12. The monoisotopic (exact) mass is 316 g/mol. The van der Waals surface area contributed by atoms with Crippen LogP contribution in [0.1, 0.15) is 26.3 Å². The second kappa shape index (κ2) is 5.21. The number of hydrogen-bond acceptors (Lipinski definition) is 1.